The lowest BCUT2D eigenvalue weighted by Gasteiger charge is -2.36. The molecule has 142 valence electrons. The lowest BCUT2D eigenvalue weighted by atomic mass is 10.0. The summed E-state index contributed by atoms with van der Waals surface area (Å²) in [5.74, 6) is -5.10. The highest BCUT2D eigenvalue weighted by Crippen LogP contribution is 2.47. The summed E-state index contributed by atoms with van der Waals surface area (Å²) in [4.78, 5) is 11.8. The van der Waals surface area contributed by atoms with Crippen LogP contribution in [0.5, 0.6) is 0 Å². The molecule has 0 saturated carbocycles. The molecule has 1 aromatic rings. The van der Waals surface area contributed by atoms with E-state index in [1.165, 1.54) is 13.0 Å². The largest absolute Gasteiger partial charge is 0.748 e. The van der Waals surface area contributed by atoms with E-state index in [4.69, 9.17) is 0 Å². The van der Waals surface area contributed by atoms with Gasteiger partial charge in [-0.15, -0.1) is 0 Å². The van der Waals surface area contributed by atoms with Crippen LogP contribution in [0.1, 0.15) is 15.9 Å². The summed E-state index contributed by atoms with van der Waals surface area (Å²) >= 11 is 1.80. The molecule has 0 aliphatic rings. The standard InChI is InChI=1S/C12H9F6IO5S/c1-6-4-7(2-3-8(6)19)9(20)24-10(11(13,14)15,12(16,17)18)5-25(21,22)23/h2-4H,5H2,1H3,(H,21,22,23)/p-1. The number of esters is 1. The van der Waals surface area contributed by atoms with Gasteiger partial charge in [-0.2, -0.15) is 26.3 Å². The number of aryl methyl sites for hydroxylation is 1. The molecule has 5 nitrogen and oxygen atoms in total. The molecule has 1 aromatic carbocycles. The van der Waals surface area contributed by atoms with Crippen LogP contribution in [0.4, 0.5) is 26.3 Å². The van der Waals surface area contributed by atoms with Crippen molar-refractivity contribution in [3.63, 3.8) is 0 Å². The van der Waals surface area contributed by atoms with Gasteiger partial charge in [0.2, 0.25) is 0 Å². The van der Waals surface area contributed by atoms with Gasteiger partial charge in [-0.1, -0.05) is 0 Å². The Bertz CT molecular complexity index is 757. The number of benzene rings is 1. The van der Waals surface area contributed by atoms with Crippen molar-refractivity contribution < 1.29 is 48.8 Å². The second-order valence-corrected chi connectivity index (χ2v) is 7.44. The summed E-state index contributed by atoms with van der Waals surface area (Å²) in [6, 6.07) is 3.10. The van der Waals surface area contributed by atoms with Crippen molar-refractivity contribution in [1.82, 2.24) is 0 Å². The zero-order valence-electron chi connectivity index (χ0n) is 12.0. The van der Waals surface area contributed by atoms with E-state index in [-0.39, 0.29) is 0 Å². The average molecular weight is 505 g/mol. The molecule has 0 bridgehead atoms. The van der Waals surface area contributed by atoms with E-state index >= 15 is 0 Å². The van der Waals surface area contributed by atoms with E-state index in [1.807, 2.05) is 0 Å². The molecule has 0 amide bonds. The van der Waals surface area contributed by atoms with Crippen LogP contribution in [0.25, 0.3) is 0 Å². The number of carbonyl (C=O) groups is 1. The Morgan fingerprint density at radius 1 is 1.16 bits per heavy atom. The summed E-state index contributed by atoms with van der Waals surface area (Å²) < 4.78 is 114. The van der Waals surface area contributed by atoms with Crippen LogP contribution in [0.2, 0.25) is 0 Å². The SMILES string of the molecule is Cc1cc(C(=O)OC(CS(=O)(=O)[O-])(C(F)(F)F)C(F)(F)F)ccc1I. The highest BCUT2D eigenvalue weighted by Gasteiger charge is 2.75. The van der Waals surface area contributed by atoms with Crippen molar-refractivity contribution in [1.29, 1.82) is 0 Å². The lowest BCUT2D eigenvalue weighted by Crippen LogP contribution is -2.63. The van der Waals surface area contributed by atoms with Crippen molar-refractivity contribution in [2.45, 2.75) is 24.9 Å². The Balaban J connectivity index is 3.46. The van der Waals surface area contributed by atoms with Crippen molar-refractivity contribution in [2.24, 2.45) is 0 Å². The summed E-state index contributed by atoms with van der Waals surface area (Å²) in [5.41, 5.74) is -5.79. The van der Waals surface area contributed by atoms with Crippen LogP contribution in [0, 0.1) is 10.5 Å². The maximum Gasteiger partial charge on any atom is 0.438 e. The van der Waals surface area contributed by atoms with Crippen molar-refractivity contribution >= 4 is 38.7 Å². The fraction of sp³-hybridized carbons (Fsp3) is 0.417. The molecule has 13 heteroatoms. The Morgan fingerprint density at radius 2 is 1.64 bits per heavy atom. The third kappa shape index (κ3) is 4.97. The molecule has 0 N–H and O–H groups in total. The van der Waals surface area contributed by atoms with Gasteiger partial charge < -0.3 is 9.29 Å². The number of rotatable bonds is 4. The maximum atomic E-state index is 13.0. The monoisotopic (exact) mass is 505 g/mol. The highest BCUT2D eigenvalue weighted by atomic mass is 127. The minimum absolute atomic E-state index is 0.358. The number of hydrogen-bond acceptors (Lipinski definition) is 5. The molecule has 0 unspecified atom stereocenters. The summed E-state index contributed by atoms with van der Waals surface area (Å²) in [7, 11) is -6.06. The highest BCUT2D eigenvalue weighted by molar-refractivity contribution is 14.1. The molecule has 0 spiro atoms. The Kier molecular flexibility index (Phi) is 6.06. The Hall–Kier alpha value is -1.09. The fourth-order valence-corrected chi connectivity index (χ4v) is 2.93. The average Bonchev–Trinajstić information content (AvgIpc) is 2.36. The first-order valence-electron chi connectivity index (χ1n) is 6.07. The first-order chi connectivity index (χ1) is 11.0. The van der Waals surface area contributed by atoms with Gasteiger partial charge >= 0.3 is 23.9 Å². The quantitative estimate of drug-likeness (QED) is 0.272. The van der Waals surface area contributed by atoms with E-state index in [1.54, 1.807) is 22.6 Å². The molecular formula is C12H8F6IO5S-. The molecule has 1 rings (SSSR count). The second kappa shape index (κ2) is 6.90. The van der Waals surface area contributed by atoms with Gasteiger partial charge in [0.15, 0.2) is 0 Å². The molecule has 0 radical (unpaired) electrons. The van der Waals surface area contributed by atoms with Gasteiger partial charge in [-0.05, 0) is 53.3 Å². The number of hydrogen-bond donors (Lipinski definition) is 0. The van der Waals surface area contributed by atoms with Crippen LogP contribution >= 0.6 is 22.6 Å². The number of ether oxygens (including phenoxy) is 1. The van der Waals surface area contributed by atoms with E-state index < -0.39 is 45.4 Å². The predicted octanol–water partition coefficient (Wildman–Crippen LogP) is 3.17. The molecular weight excluding hydrogens is 497 g/mol. The van der Waals surface area contributed by atoms with Gasteiger partial charge in [0.1, 0.15) is 0 Å². The number of carbonyl (C=O) groups excluding carboxylic acids is 1. The van der Waals surface area contributed by atoms with E-state index in [0.29, 0.717) is 9.13 Å². The van der Waals surface area contributed by atoms with Gasteiger partial charge in [-0.3, -0.25) is 0 Å². The van der Waals surface area contributed by atoms with Crippen LogP contribution in [-0.2, 0) is 14.9 Å². The third-order valence-corrected chi connectivity index (χ3v) is 4.93. The molecule has 0 fully saturated rings. The van der Waals surface area contributed by atoms with Crippen LogP contribution < -0.4 is 0 Å². The molecule has 0 atom stereocenters. The van der Waals surface area contributed by atoms with Crippen LogP contribution in [0.3, 0.4) is 0 Å². The van der Waals surface area contributed by atoms with Crippen molar-refractivity contribution in [2.75, 3.05) is 5.75 Å². The van der Waals surface area contributed by atoms with Gasteiger partial charge in [0.05, 0.1) is 21.4 Å². The van der Waals surface area contributed by atoms with Gasteiger partial charge in [0, 0.05) is 3.57 Å². The van der Waals surface area contributed by atoms with Gasteiger partial charge in [-0.25, -0.2) is 13.2 Å². The first kappa shape index (κ1) is 22.0. The molecule has 0 aromatic heterocycles. The van der Waals surface area contributed by atoms with Crippen LogP contribution in [0.15, 0.2) is 18.2 Å². The smallest absolute Gasteiger partial charge is 0.438 e. The zero-order chi connectivity index (χ0) is 19.8. The molecule has 25 heavy (non-hydrogen) atoms. The van der Waals surface area contributed by atoms with Crippen LogP contribution in [-0.4, -0.2) is 42.6 Å². The van der Waals surface area contributed by atoms with Crippen molar-refractivity contribution in [3.8, 4) is 0 Å². The van der Waals surface area contributed by atoms with E-state index in [2.05, 4.69) is 4.74 Å². The predicted molar refractivity (Wildman–Crippen MR) is 78.7 cm³/mol. The number of halogens is 7. The maximum absolute atomic E-state index is 13.0. The summed E-state index contributed by atoms with van der Waals surface area (Å²) in [6.07, 6.45) is -12.8. The molecule has 0 aliphatic heterocycles. The normalized spacial score (nSPS) is 13.6. The Morgan fingerprint density at radius 3 is 2.00 bits per heavy atom. The molecule has 0 saturated heterocycles. The van der Waals surface area contributed by atoms with E-state index in [0.717, 1.165) is 12.1 Å². The second-order valence-electron chi connectivity index (χ2n) is 4.88. The minimum Gasteiger partial charge on any atom is -0.748 e. The minimum atomic E-state index is -6.39. The topological polar surface area (TPSA) is 83.5 Å². The third-order valence-electron chi connectivity index (χ3n) is 2.96. The van der Waals surface area contributed by atoms with Crippen molar-refractivity contribution in [3.05, 3.63) is 32.9 Å². The van der Waals surface area contributed by atoms with Gasteiger partial charge in [0.25, 0.3) is 0 Å². The fourth-order valence-electron chi connectivity index (χ4n) is 1.71. The lowest BCUT2D eigenvalue weighted by molar-refractivity contribution is -0.356. The van der Waals surface area contributed by atoms with E-state index in [9.17, 15) is 44.1 Å². The number of alkyl halides is 6. The summed E-state index contributed by atoms with van der Waals surface area (Å²) in [6.45, 7) is 1.43. The first-order valence-corrected chi connectivity index (χ1v) is 8.72. The summed E-state index contributed by atoms with van der Waals surface area (Å²) in [5, 5.41) is 0. The molecule has 0 heterocycles. The molecule has 0 aliphatic carbocycles. The Labute approximate surface area is 151 Å². The zero-order valence-corrected chi connectivity index (χ0v) is 15.0.